The molecule has 2 unspecified atom stereocenters. The minimum Gasteiger partial charge on any atom is -0.379 e. The Morgan fingerprint density at radius 2 is 2.29 bits per heavy atom. The number of nitrogens with two attached hydrogens (primary N) is 1. The minimum absolute atomic E-state index is 0.166. The Morgan fingerprint density at radius 1 is 1.53 bits per heavy atom. The molecule has 2 rings (SSSR count). The molecule has 1 heterocycles. The van der Waals surface area contributed by atoms with Crippen molar-refractivity contribution in [3.05, 3.63) is 34.9 Å². The van der Waals surface area contributed by atoms with Crippen LogP contribution in [0.4, 0.5) is 0 Å². The van der Waals surface area contributed by atoms with E-state index in [-0.39, 0.29) is 6.04 Å². The summed E-state index contributed by atoms with van der Waals surface area (Å²) in [6.45, 7) is 3.82. The van der Waals surface area contributed by atoms with Gasteiger partial charge in [0.15, 0.2) is 0 Å². The maximum atomic E-state index is 6.22. The highest BCUT2D eigenvalue weighted by molar-refractivity contribution is 8.00. The lowest BCUT2D eigenvalue weighted by Crippen LogP contribution is -2.35. The highest BCUT2D eigenvalue weighted by Crippen LogP contribution is 2.38. The Kier molecular flexibility index (Phi) is 4.74. The van der Waals surface area contributed by atoms with Gasteiger partial charge in [-0.15, -0.1) is 11.8 Å². The number of thioether (sulfide) groups is 1. The zero-order valence-corrected chi connectivity index (χ0v) is 11.5. The monoisotopic (exact) mass is 271 g/mol. The van der Waals surface area contributed by atoms with Crippen LogP contribution in [0, 0.1) is 0 Å². The Balaban J connectivity index is 2.13. The first kappa shape index (κ1) is 13.2. The molecule has 94 valence electrons. The van der Waals surface area contributed by atoms with Crippen LogP contribution in [-0.4, -0.2) is 24.5 Å². The first-order valence-electron chi connectivity index (χ1n) is 5.95. The van der Waals surface area contributed by atoms with Gasteiger partial charge in [0, 0.05) is 16.3 Å². The third kappa shape index (κ3) is 3.38. The van der Waals surface area contributed by atoms with Crippen LogP contribution in [0.2, 0.25) is 5.02 Å². The van der Waals surface area contributed by atoms with E-state index in [0.717, 1.165) is 24.7 Å². The maximum absolute atomic E-state index is 6.22. The Labute approximate surface area is 112 Å². The summed E-state index contributed by atoms with van der Waals surface area (Å²) in [6, 6.07) is 8.19. The van der Waals surface area contributed by atoms with E-state index in [4.69, 9.17) is 22.1 Å². The standard InChI is InChI=1S/C13H18ClNOS/c1-2-12(15)13(17-11-7-16-8-11)9-4-3-5-10(14)6-9/h3-6,11-13H,2,7-8,15H2,1H3. The molecule has 1 fully saturated rings. The van der Waals surface area contributed by atoms with Crippen molar-refractivity contribution in [2.75, 3.05) is 13.2 Å². The van der Waals surface area contributed by atoms with Crippen molar-refractivity contribution in [2.45, 2.75) is 29.9 Å². The lowest BCUT2D eigenvalue weighted by atomic mass is 10.0. The number of hydrogen-bond acceptors (Lipinski definition) is 3. The number of halogens is 1. The molecule has 1 saturated heterocycles. The van der Waals surface area contributed by atoms with Crippen LogP contribution in [0.15, 0.2) is 24.3 Å². The smallest absolute Gasteiger partial charge is 0.0608 e. The van der Waals surface area contributed by atoms with Crippen molar-refractivity contribution in [3.8, 4) is 0 Å². The third-order valence-corrected chi connectivity index (χ3v) is 4.79. The average molecular weight is 272 g/mol. The number of ether oxygens (including phenoxy) is 1. The van der Waals surface area contributed by atoms with Gasteiger partial charge < -0.3 is 10.5 Å². The normalized spacial score (nSPS) is 19.7. The highest BCUT2D eigenvalue weighted by atomic mass is 35.5. The second-order valence-electron chi connectivity index (χ2n) is 4.34. The fraction of sp³-hybridized carbons (Fsp3) is 0.538. The van der Waals surface area contributed by atoms with Crippen molar-refractivity contribution in [2.24, 2.45) is 5.73 Å². The Morgan fingerprint density at radius 3 is 2.82 bits per heavy atom. The predicted molar refractivity (Wildman–Crippen MR) is 74.7 cm³/mol. The van der Waals surface area contributed by atoms with E-state index < -0.39 is 0 Å². The van der Waals surface area contributed by atoms with Gasteiger partial charge in [-0.05, 0) is 24.1 Å². The molecule has 0 bridgehead atoms. The molecular formula is C13H18ClNOS. The van der Waals surface area contributed by atoms with Gasteiger partial charge in [-0.2, -0.15) is 0 Å². The predicted octanol–water partition coefficient (Wildman–Crippen LogP) is 3.25. The van der Waals surface area contributed by atoms with Crippen LogP contribution in [0.25, 0.3) is 0 Å². The van der Waals surface area contributed by atoms with E-state index in [1.807, 2.05) is 30.0 Å². The van der Waals surface area contributed by atoms with Gasteiger partial charge in [0.05, 0.1) is 18.5 Å². The summed E-state index contributed by atoms with van der Waals surface area (Å²) in [5, 5.41) is 1.67. The molecule has 2 atom stereocenters. The minimum atomic E-state index is 0.166. The van der Waals surface area contributed by atoms with Crippen LogP contribution in [0.3, 0.4) is 0 Å². The van der Waals surface area contributed by atoms with E-state index in [9.17, 15) is 0 Å². The molecular weight excluding hydrogens is 254 g/mol. The Bertz CT molecular complexity index is 370. The number of rotatable bonds is 5. The summed E-state index contributed by atoms with van der Waals surface area (Å²) < 4.78 is 5.22. The van der Waals surface area contributed by atoms with E-state index in [2.05, 4.69) is 13.0 Å². The fourth-order valence-corrected chi connectivity index (χ4v) is 3.49. The zero-order valence-electron chi connectivity index (χ0n) is 9.93. The van der Waals surface area contributed by atoms with Crippen molar-refractivity contribution in [3.63, 3.8) is 0 Å². The number of hydrogen-bond donors (Lipinski definition) is 1. The first-order valence-corrected chi connectivity index (χ1v) is 7.27. The summed E-state index contributed by atoms with van der Waals surface area (Å²) in [7, 11) is 0. The second kappa shape index (κ2) is 6.10. The lowest BCUT2D eigenvalue weighted by molar-refractivity contribution is 0.0452. The van der Waals surface area contributed by atoms with E-state index in [1.165, 1.54) is 5.56 Å². The largest absolute Gasteiger partial charge is 0.379 e. The molecule has 1 aromatic carbocycles. The van der Waals surface area contributed by atoms with E-state index >= 15 is 0 Å². The molecule has 0 aromatic heterocycles. The summed E-state index contributed by atoms with van der Waals surface area (Å²) in [5.74, 6) is 0. The molecule has 1 aromatic rings. The SMILES string of the molecule is CCC(N)C(SC1COC1)c1cccc(Cl)c1. The van der Waals surface area contributed by atoms with Crippen molar-refractivity contribution in [1.29, 1.82) is 0 Å². The molecule has 0 spiro atoms. The summed E-state index contributed by atoms with van der Waals surface area (Å²) >= 11 is 7.96. The average Bonchev–Trinajstić information content (AvgIpc) is 2.27. The molecule has 2 N–H and O–H groups in total. The van der Waals surface area contributed by atoms with Crippen LogP contribution < -0.4 is 5.73 Å². The number of benzene rings is 1. The van der Waals surface area contributed by atoms with Gasteiger partial charge in [-0.1, -0.05) is 30.7 Å². The van der Waals surface area contributed by atoms with E-state index in [1.54, 1.807) is 0 Å². The fourth-order valence-electron chi connectivity index (χ4n) is 1.82. The maximum Gasteiger partial charge on any atom is 0.0608 e. The van der Waals surface area contributed by atoms with Gasteiger partial charge in [-0.25, -0.2) is 0 Å². The first-order chi connectivity index (χ1) is 8.20. The molecule has 1 aliphatic rings. The van der Waals surface area contributed by atoms with Crippen molar-refractivity contribution >= 4 is 23.4 Å². The summed E-state index contributed by atoms with van der Waals surface area (Å²) in [4.78, 5) is 0. The van der Waals surface area contributed by atoms with Gasteiger partial charge in [-0.3, -0.25) is 0 Å². The van der Waals surface area contributed by atoms with Crippen LogP contribution >= 0.6 is 23.4 Å². The van der Waals surface area contributed by atoms with Crippen LogP contribution in [0.5, 0.6) is 0 Å². The highest BCUT2D eigenvalue weighted by Gasteiger charge is 2.27. The van der Waals surface area contributed by atoms with Gasteiger partial charge in [0.1, 0.15) is 0 Å². The molecule has 2 nitrogen and oxygen atoms in total. The van der Waals surface area contributed by atoms with Crippen molar-refractivity contribution < 1.29 is 4.74 Å². The zero-order chi connectivity index (χ0) is 12.3. The molecule has 1 aliphatic heterocycles. The summed E-state index contributed by atoms with van der Waals surface area (Å²) in [6.07, 6.45) is 0.970. The molecule has 0 saturated carbocycles. The lowest BCUT2D eigenvalue weighted by Gasteiger charge is -2.32. The molecule has 0 radical (unpaired) electrons. The molecule has 0 amide bonds. The van der Waals surface area contributed by atoms with Crippen LogP contribution in [0.1, 0.15) is 24.2 Å². The third-order valence-electron chi connectivity index (χ3n) is 2.98. The topological polar surface area (TPSA) is 35.2 Å². The Hall–Kier alpha value is -0.220. The van der Waals surface area contributed by atoms with E-state index in [0.29, 0.717) is 10.5 Å². The van der Waals surface area contributed by atoms with Gasteiger partial charge in [0.25, 0.3) is 0 Å². The van der Waals surface area contributed by atoms with Gasteiger partial charge >= 0.3 is 0 Å². The molecule has 17 heavy (non-hydrogen) atoms. The molecule has 4 heteroatoms. The molecule has 0 aliphatic carbocycles. The van der Waals surface area contributed by atoms with Gasteiger partial charge in [0.2, 0.25) is 0 Å². The summed E-state index contributed by atoms with van der Waals surface area (Å²) in [5.41, 5.74) is 7.45. The quantitative estimate of drug-likeness (QED) is 0.893. The van der Waals surface area contributed by atoms with Crippen LogP contribution in [-0.2, 0) is 4.74 Å². The van der Waals surface area contributed by atoms with Crippen molar-refractivity contribution in [1.82, 2.24) is 0 Å². The second-order valence-corrected chi connectivity index (χ2v) is 6.23.